The van der Waals surface area contributed by atoms with Gasteiger partial charge in [-0.25, -0.2) is 13.1 Å². The highest BCUT2D eigenvalue weighted by Crippen LogP contribution is 2.30. The zero-order valence-electron chi connectivity index (χ0n) is 13.1. The number of nitrogens with one attached hydrogen (secondary N) is 2. The van der Waals surface area contributed by atoms with Crippen LogP contribution in [0.15, 0.2) is 15.7 Å². The second kappa shape index (κ2) is 6.77. The molecule has 0 atom stereocenters. The van der Waals surface area contributed by atoms with Crippen LogP contribution < -0.4 is 10.0 Å². The standard InChI is InChI=1S/C15H26N2O2S2/c1-12(2)16-10-13-9-14(20-11-13)21(18,19)17-15(3)7-5-4-6-8-15/h9,11-12,16-17H,4-8,10H2,1-3H3. The number of hydrogen-bond acceptors (Lipinski definition) is 4. The van der Waals surface area contributed by atoms with E-state index in [-0.39, 0.29) is 5.54 Å². The average molecular weight is 331 g/mol. The van der Waals surface area contributed by atoms with Gasteiger partial charge in [0.15, 0.2) is 0 Å². The average Bonchev–Trinajstić information content (AvgIpc) is 2.85. The first-order valence-electron chi connectivity index (χ1n) is 7.66. The lowest BCUT2D eigenvalue weighted by molar-refractivity contribution is 0.294. The van der Waals surface area contributed by atoms with Crippen molar-refractivity contribution in [3.8, 4) is 0 Å². The SMILES string of the molecule is CC(C)NCc1csc(S(=O)(=O)NC2(C)CCCCC2)c1. The summed E-state index contributed by atoms with van der Waals surface area (Å²) >= 11 is 1.30. The van der Waals surface area contributed by atoms with Gasteiger partial charge in [0.25, 0.3) is 10.0 Å². The Hall–Kier alpha value is -0.430. The molecular weight excluding hydrogens is 304 g/mol. The molecule has 1 aliphatic rings. The maximum Gasteiger partial charge on any atom is 0.250 e. The molecular formula is C15H26N2O2S2. The Balaban J connectivity index is 2.05. The van der Waals surface area contributed by atoms with Crippen molar-refractivity contribution in [3.63, 3.8) is 0 Å². The molecule has 0 aromatic carbocycles. The van der Waals surface area contributed by atoms with E-state index in [1.54, 1.807) is 6.07 Å². The molecule has 2 rings (SSSR count). The summed E-state index contributed by atoms with van der Waals surface area (Å²) in [6, 6.07) is 2.18. The first-order chi connectivity index (χ1) is 9.81. The van der Waals surface area contributed by atoms with Crippen LogP contribution in [0, 0.1) is 0 Å². The van der Waals surface area contributed by atoms with Gasteiger partial charge in [0.2, 0.25) is 0 Å². The van der Waals surface area contributed by atoms with E-state index in [4.69, 9.17) is 0 Å². The Morgan fingerprint density at radius 1 is 1.29 bits per heavy atom. The van der Waals surface area contributed by atoms with Crippen molar-refractivity contribution in [2.45, 2.75) is 75.2 Å². The minimum atomic E-state index is -3.40. The van der Waals surface area contributed by atoms with E-state index in [0.29, 0.717) is 16.8 Å². The molecule has 0 aliphatic heterocycles. The van der Waals surface area contributed by atoms with E-state index in [1.165, 1.54) is 17.8 Å². The van der Waals surface area contributed by atoms with Crippen LogP contribution in [0.5, 0.6) is 0 Å². The molecule has 6 heteroatoms. The third-order valence-electron chi connectivity index (χ3n) is 3.95. The molecule has 1 heterocycles. The normalized spacial score (nSPS) is 19.0. The molecule has 1 aromatic rings. The van der Waals surface area contributed by atoms with Crippen LogP contribution in [0.2, 0.25) is 0 Å². The predicted octanol–water partition coefficient (Wildman–Crippen LogP) is 3.25. The van der Waals surface area contributed by atoms with Gasteiger partial charge in [-0.1, -0.05) is 33.1 Å². The zero-order valence-corrected chi connectivity index (χ0v) is 14.7. The molecule has 1 fully saturated rings. The molecule has 0 bridgehead atoms. The van der Waals surface area contributed by atoms with E-state index >= 15 is 0 Å². The Labute approximate surface area is 132 Å². The third-order valence-corrected chi connectivity index (χ3v) is 7.07. The molecule has 4 nitrogen and oxygen atoms in total. The fraction of sp³-hybridized carbons (Fsp3) is 0.733. The highest BCUT2D eigenvalue weighted by atomic mass is 32.2. The second-order valence-corrected chi connectivity index (χ2v) is 9.36. The number of hydrogen-bond donors (Lipinski definition) is 2. The molecule has 0 unspecified atom stereocenters. The molecule has 0 amide bonds. The number of rotatable bonds is 6. The lowest BCUT2D eigenvalue weighted by atomic mass is 9.84. The summed E-state index contributed by atoms with van der Waals surface area (Å²) < 4.78 is 28.4. The molecule has 0 radical (unpaired) electrons. The molecule has 1 saturated carbocycles. The largest absolute Gasteiger partial charge is 0.310 e. The van der Waals surface area contributed by atoms with Crippen molar-refractivity contribution >= 4 is 21.4 Å². The first-order valence-corrected chi connectivity index (χ1v) is 10.0. The summed E-state index contributed by atoms with van der Waals surface area (Å²) in [6.07, 6.45) is 5.28. The molecule has 1 aliphatic carbocycles. The maximum absolute atomic E-state index is 12.5. The quantitative estimate of drug-likeness (QED) is 0.842. The first kappa shape index (κ1) is 16.9. The van der Waals surface area contributed by atoms with E-state index in [1.807, 2.05) is 12.3 Å². The van der Waals surface area contributed by atoms with Crippen LogP contribution in [0.4, 0.5) is 0 Å². The Kier molecular flexibility index (Phi) is 5.46. The van der Waals surface area contributed by atoms with E-state index in [2.05, 4.69) is 23.9 Å². The van der Waals surface area contributed by atoms with Gasteiger partial charge in [0.1, 0.15) is 4.21 Å². The topological polar surface area (TPSA) is 58.2 Å². The fourth-order valence-electron chi connectivity index (χ4n) is 2.72. The summed E-state index contributed by atoms with van der Waals surface area (Å²) in [5, 5.41) is 5.23. The monoisotopic (exact) mass is 330 g/mol. The van der Waals surface area contributed by atoms with Crippen molar-refractivity contribution in [2.24, 2.45) is 0 Å². The summed E-state index contributed by atoms with van der Waals surface area (Å²) in [5.41, 5.74) is 0.750. The molecule has 0 saturated heterocycles. The minimum Gasteiger partial charge on any atom is -0.310 e. The minimum absolute atomic E-state index is 0.280. The molecule has 2 N–H and O–H groups in total. The smallest absolute Gasteiger partial charge is 0.250 e. The van der Waals surface area contributed by atoms with Gasteiger partial charge < -0.3 is 5.32 Å². The van der Waals surface area contributed by atoms with Crippen molar-refractivity contribution in [1.29, 1.82) is 0 Å². The van der Waals surface area contributed by atoms with Gasteiger partial charge in [-0.2, -0.15) is 0 Å². The van der Waals surface area contributed by atoms with Gasteiger partial charge in [0, 0.05) is 18.1 Å². The lowest BCUT2D eigenvalue weighted by Crippen LogP contribution is -2.46. The lowest BCUT2D eigenvalue weighted by Gasteiger charge is -2.33. The van der Waals surface area contributed by atoms with E-state index < -0.39 is 10.0 Å². The highest BCUT2D eigenvalue weighted by Gasteiger charge is 2.32. The van der Waals surface area contributed by atoms with Crippen molar-refractivity contribution < 1.29 is 8.42 Å². The Morgan fingerprint density at radius 2 is 1.95 bits per heavy atom. The number of sulfonamides is 1. The summed E-state index contributed by atoms with van der Waals surface area (Å²) in [4.78, 5) is 0. The second-order valence-electron chi connectivity index (χ2n) is 6.54. The van der Waals surface area contributed by atoms with Crippen molar-refractivity contribution in [1.82, 2.24) is 10.0 Å². The van der Waals surface area contributed by atoms with Gasteiger partial charge in [0.05, 0.1) is 0 Å². The van der Waals surface area contributed by atoms with Gasteiger partial charge >= 0.3 is 0 Å². The van der Waals surface area contributed by atoms with Crippen molar-refractivity contribution in [2.75, 3.05) is 0 Å². The van der Waals surface area contributed by atoms with Crippen LogP contribution in [-0.4, -0.2) is 20.0 Å². The molecule has 1 aromatic heterocycles. The van der Waals surface area contributed by atoms with E-state index in [9.17, 15) is 8.42 Å². The summed E-state index contributed by atoms with van der Waals surface area (Å²) in [5.74, 6) is 0. The maximum atomic E-state index is 12.5. The van der Waals surface area contributed by atoms with Crippen LogP contribution in [-0.2, 0) is 16.6 Å². The third kappa shape index (κ3) is 4.77. The number of thiophene rings is 1. The van der Waals surface area contributed by atoms with Crippen LogP contribution in [0.25, 0.3) is 0 Å². The van der Waals surface area contributed by atoms with Gasteiger partial charge in [-0.3, -0.25) is 0 Å². The Bertz CT molecular complexity index is 558. The van der Waals surface area contributed by atoms with Crippen LogP contribution in [0.1, 0.15) is 58.4 Å². The molecule has 120 valence electrons. The van der Waals surface area contributed by atoms with Crippen LogP contribution in [0.3, 0.4) is 0 Å². The van der Waals surface area contributed by atoms with E-state index in [0.717, 1.165) is 31.2 Å². The molecule has 0 spiro atoms. The van der Waals surface area contributed by atoms with Gasteiger partial charge in [-0.15, -0.1) is 11.3 Å². The summed E-state index contributed by atoms with van der Waals surface area (Å²) in [7, 11) is -3.40. The summed E-state index contributed by atoms with van der Waals surface area (Å²) in [6.45, 7) is 6.89. The van der Waals surface area contributed by atoms with Crippen LogP contribution >= 0.6 is 11.3 Å². The van der Waals surface area contributed by atoms with Gasteiger partial charge in [-0.05, 0) is 36.8 Å². The zero-order chi connectivity index (χ0) is 15.5. The molecule has 21 heavy (non-hydrogen) atoms. The Morgan fingerprint density at radius 3 is 2.57 bits per heavy atom. The highest BCUT2D eigenvalue weighted by molar-refractivity contribution is 7.91. The predicted molar refractivity (Wildman–Crippen MR) is 88.1 cm³/mol. The van der Waals surface area contributed by atoms with Crippen molar-refractivity contribution in [3.05, 3.63) is 17.0 Å². The fourth-order valence-corrected chi connectivity index (χ4v) is 5.39.